The Balaban J connectivity index is 2.39. The van der Waals surface area contributed by atoms with E-state index in [1.807, 2.05) is 0 Å². The summed E-state index contributed by atoms with van der Waals surface area (Å²) in [6, 6.07) is -0.251. The van der Waals surface area contributed by atoms with Gasteiger partial charge in [-0.05, 0) is 13.0 Å². The Labute approximate surface area is 59.0 Å². The SMILES string of the molecule is O=CNC1CCNCC1=O. The maximum atomic E-state index is 10.9. The molecule has 56 valence electrons. The van der Waals surface area contributed by atoms with Crippen molar-refractivity contribution in [2.24, 2.45) is 0 Å². The molecule has 10 heavy (non-hydrogen) atoms. The van der Waals surface area contributed by atoms with Crippen LogP contribution < -0.4 is 10.6 Å². The number of hydrogen-bond donors (Lipinski definition) is 2. The average molecular weight is 142 g/mol. The molecule has 1 heterocycles. The highest BCUT2D eigenvalue weighted by atomic mass is 16.1. The van der Waals surface area contributed by atoms with E-state index in [-0.39, 0.29) is 11.8 Å². The van der Waals surface area contributed by atoms with E-state index in [9.17, 15) is 9.59 Å². The van der Waals surface area contributed by atoms with E-state index < -0.39 is 0 Å². The number of Topliss-reactive ketones (excluding diaryl/α,β-unsaturated/α-hetero) is 1. The quantitative estimate of drug-likeness (QED) is 0.469. The molecule has 1 amide bonds. The van der Waals surface area contributed by atoms with Gasteiger partial charge in [-0.25, -0.2) is 0 Å². The molecule has 4 nitrogen and oxygen atoms in total. The smallest absolute Gasteiger partial charge is 0.207 e. The fourth-order valence-electron chi connectivity index (χ4n) is 1.00. The van der Waals surface area contributed by atoms with Crippen LogP contribution in [0.2, 0.25) is 0 Å². The second-order valence-corrected chi connectivity index (χ2v) is 2.27. The van der Waals surface area contributed by atoms with Gasteiger partial charge in [0.05, 0.1) is 12.6 Å². The number of piperidine rings is 1. The van der Waals surface area contributed by atoms with Crippen LogP contribution in [0.3, 0.4) is 0 Å². The van der Waals surface area contributed by atoms with Crippen LogP contribution in [0.1, 0.15) is 6.42 Å². The van der Waals surface area contributed by atoms with Crippen molar-refractivity contribution in [2.75, 3.05) is 13.1 Å². The molecule has 1 fully saturated rings. The largest absolute Gasteiger partial charge is 0.349 e. The van der Waals surface area contributed by atoms with E-state index in [0.717, 1.165) is 6.54 Å². The summed E-state index contributed by atoms with van der Waals surface area (Å²) in [5.74, 6) is 0.0679. The van der Waals surface area contributed by atoms with Crippen molar-refractivity contribution >= 4 is 12.2 Å². The van der Waals surface area contributed by atoms with Crippen LogP contribution in [0.25, 0.3) is 0 Å². The van der Waals surface area contributed by atoms with E-state index in [0.29, 0.717) is 19.4 Å². The van der Waals surface area contributed by atoms with Crippen molar-refractivity contribution in [1.29, 1.82) is 0 Å². The Bertz CT molecular complexity index is 147. The van der Waals surface area contributed by atoms with Gasteiger partial charge in [0.2, 0.25) is 6.41 Å². The highest BCUT2D eigenvalue weighted by molar-refractivity contribution is 5.88. The van der Waals surface area contributed by atoms with Gasteiger partial charge in [0, 0.05) is 0 Å². The number of nitrogens with one attached hydrogen (secondary N) is 2. The van der Waals surface area contributed by atoms with E-state index in [4.69, 9.17) is 0 Å². The zero-order valence-electron chi connectivity index (χ0n) is 5.59. The lowest BCUT2D eigenvalue weighted by molar-refractivity contribution is -0.123. The second kappa shape index (κ2) is 3.31. The highest BCUT2D eigenvalue weighted by Gasteiger charge is 2.20. The molecular formula is C6H10N2O2. The minimum atomic E-state index is -0.251. The number of carbonyl (C=O) groups excluding carboxylic acids is 2. The molecular weight excluding hydrogens is 132 g/mol. The van der Waals surface area contributed by atoms with Crippen LogP contribution in [-0.4, -0.2) is 31.3 Å². The molecule has 0 radical (unpaired) electrons. The molecule has 1 unspecified atom stereocenters. The average Bonchev–Trinajstić information content (AvgIpc) is 1.94. The van der Waals surface area contributed by atoms with Crippen LogP contribution in [0, 0.1) is 0 Å². The van der Waals surface area contributed by atoms with E-state index >= 15 is 0 Å². The van der Waals surface area contributed by atoms with Gasteiger partial charge in [-0.3, -0.25) is 9.59 Å². The molecule has 0 bridgehead atoms. The number of hydrogen-bond acceptors (Lipinski definition) is 3. The molecule has 2 N–H and O–H groups in total. The third-order valence-electron chi connectivity index (χ3n) is 1.57. The Morgan fingerprint density at radius 1 is 1.70 bits per heavy atom. The van der Waals surface area contributed by atoms with Gasteiger partial charge in [-0.15, -0.1) is 0 Å². The lowest BCUT2D eigenvalue weighted by Crippen LogP contribution is -2.47. The molecule has 1 saturated heterocycles. The number of amides is 1. The molecule has 0 aromatic heterocycles. The van der Waals surface area contributed by atoms with Crippen molar-refractivity contribution in [1.82, 2.24) is 10.6 Å². The Hall–Kier alpha value is -0.900. The first kappa shape index (κ1) is 7.21. The van der Waals surface area contributed by atoms with E-state index in [2.05, 4.69) is 10.6 Å². The lowest BCUT2D eigenvalue weighted by Gasteiger charge is -2.19. The molecule has 0 aliphatic carbocycles. The zero-order chi connectivity index (χ0) is 7.40. The number of ketones is 1. The standard InChI is InChI=1S/C6H10N2O2/c9-4-8-5-1-2-7-3-6(5)10/h4-5,7H,1-3H2,(H,8,9). The predicted octanol–water partition coefficient (Wildman–Crippen LogP) is -1.34. The van der Waals surface area contributed by atoms with Crippen molar-refractivity contribution in [3.05, 3.63) is 0 Å². The fourth-order valence-corrected chi connectivity index (χ4v) is 1.00. The van der Waals surface area contributed by atoms with Gasteiger partial charge in [-0.1, -0.05) is 0 Å². The van der Waals surface area contributed by atoms with Crippen LogP contribution >= 0.6 is 0 Å². The first-order valence-corrected chi connectivity index (χ1v) is 3.27. The predicted molar refractivity (Wildman–Crippen MR) is 35.5 cm³/mol. The first-order valence-electron chi connectivity index (χ1n) is 3.27. The van der Waals surface area contributed by atoms with E-state index in [1.54, 1.807) is 0 Å². The van der Waals surface area contributed by atoms with Crippen molar-refractivity contribution < 1.29 is 9.59 Å². The summed E-state index contributed by atoms with van der Waals surface area (Å²) in [7, 11) is 0. The maximum Gasteiger partial charge on any atom is 0.207 e. The van der Waals surface area contributed by atoms with Gasteiger partial charge in [0.1, 0.15) is 0 Å². The minimum absolute atomic E-state index is 0.0679. The summed E-state index contributed by atoms with van der Waals surface area (Å²) in [5, 5.41) is 5.38. The Morgan fingerprint density at radius 3 is 3.10 bits per heavy atom. The van der Waals surface area contributed by atoms with Gasteiger partial charge in [-0.2, -0.15) is 0 Å². The molecule has 0 aromatic carbocycles. The fraction of sp³-hybridized carbons (Fsp3) is 0.667. The van der Waals surface area contributed by atoms with Crippen molar-refractivity contribution in [3.8, 4) is 0 Å². The molecule has 1 rings (SSSR count). The van der Waals surface area contributed by atoms with Gasteiger partial charge < -0.3 is 10.6 Å². The van der Waals surface area contributed by atoms with Gasteiger partial charge in [0.15, 0.2) is 5.78 Å². The minimum Gasteiger partial charge on any atom is -0.349 e. The number of rotatable bonds is 2. The second-order valence-electron chi connectivity index (χ2n) is 2.27. The van der Waals surface area contributed by atoms with Gasteiger partial charge >= 0.3 is 0 Å². The summed E-state index contributed by atoms with van der Waals surface area (Å²) >= 11 is 0. The Morgan fingerprint density at radius 2 is 2.50 bits per heavy atom. The lowest BCUT2D eigenvalue weighted by atomic mass is 10.1. The normalized spacial score (nSPS) is 26.0. The molecule has 1 atom stereocenters. The molecule has 1 aliphatic heterocycles. The maximum absolute atomic E-state index is 10.9. The monoisotopic (exact) mass is 142 g/mol. The number of carbonyl (C=O) groups is 2. The van der Waals surface area contributed by atoms with Gasteiger partial charge in [0.25, 0.3) is 0 Å². The molecule has 4 heteroatoms. The summed E-state index contributed by atoms with van der Waals surface area (Å²) < 4.78 is 0. The van der Waals surface area contributed by atoms with Crippen LogP contribution in [-0.2, 0) is 9.59 Å². The molecule has 0 aromatic rings. The van der Waals surface area contributed by atoms with Crippen LogP contribution in [0.15, 0.2) is 0 Å². The summed E-state index contributed by atoms with van der Waals surface area (Å²) in [6.45, 7) is 1.18. The van der Waals surface area contributed by atoms with Crippen molar-refractivity contribution in [3.63, 3.8) is 0 Å². The first-order chi connectivity index (χ1) is 4.84. The Kier molecular flexibility index (Phi) is 2.39. The summed E-state index contributed by atoms with van der Waals surface area (Å²) in [4.78, 5) is 20.8. The third-order valence-corrected chi connectivity index (χ3v) is 1.57. The molecule has 1 aliphatic rings. The highest BCUT2D eigenvalue weighted by Crippen LogP contribution is 1.96. The molecule has 0 spiro atoms. The zero-order valence-corrected chi connectivity index (χ0v) is 5.59. The van der Waals surface area contributed by atoms with Crippen molar-refractivity contribution in [2.45, 2.75) is 12.5 Å². The van der Waals surface area contributed by atoms with Crippen LogP contribution in [0.4, 0.5) is 0 Å². The molecule has 0 saturated carbocycles. The van der Waals surface area contributed by atoms with E-state index in [1.165, 1.54) is 0 Å². The summed E-state index contributed by atoms with van der Waals surface area (Å²) in [6.07, 6.45) is 1.28. The van der Waals surface area contributed by atoms with Crippen LogP contribution in [0.5, 0.6) is 0 Å². The summed E-state index contributed by atoms with van der Waals surface area (Å²) in [5.41, 5.74) is 0. The topological polar surface area (TPSA) is 58.2 Å². The third kappa shape index (κ3) is 1.54.